The second-order valence-electron chi connectivity index (χ2n) is 4.09. The zero-order valence-corrected chi connectivity index (χ0v) is 12.4. The molecule has 1 heterocycles. The Morgan fingerprint density at radius 1 is 1.33 bits per heavy atom. The Labute approximate surface area is 117 Å². The molecule has 1 aromatic carbocycles. The van der Waals surface area contributed by atoms with Crippen molar-refractivity contribution in [3.05, 3.63) is 47.0 Å². The van der Waals surface area contributed by atoms with Crippen molar-refractivity contribution < 1.29 is 0 Å². The lowest BCUT2D eigenvalue weighted by molar-refractivity contribution is 0.606. The van der Waals surface area contributed by atoms with Gasteiger partial charge in [0.2, 0.25) is 0 Å². The molecular weight excluding hydrogens is 260 g/mol. The topological polar surface area (TPSA) is 24.9 Å². The highest BCUT2D eigenvalue weighted by atomic mass is 32.2. The van der Waals surface area contributed by atoms with Gasteiger partial charge in [-0.1, -0.05) is 49.0 Å². The zero-order valence-electron chi connectivity index (χ0n) is 10.7. The summed E-state index contributed by atoms with van der Waals surface area (Å²) in [5, 5.41) is 5.64. The van der Waals surface area contributed by atoms with Gasteiger partial charge in [-0.25, -0.2) is 4.98 Å². The maximum atomic E-state index is 4.49. The molecule has 1 N–H and O–H groups in total. The van der Waals surface area contributed by atoms with Gasteiger partial charge in [-0.3, -0.25) is 0 Å². The van der Waals surface area contributed by atoms with Gasteiger partial charge in [0, 0.05) is 22.9 Å². The first-order valence-electron chi connectivity index (χ1n) is 6.13. The monoisotopic (exact) mass is 278 g/mol. The Kier molecular flexibility index (Phi) is 5.23. The predicted octanol–water partition coefficient (Wildman–Crippen LogP) is 3.89. The average Bonchev–Trinajstić information content (AvgIpc) is 2.81. The quantitative estimate of drug-likeness (QED) is 0.811. The summed E-state index contributed by atoms with van der Waals surface area (Å²) in [5.41, 5.74) is 2.46. The minimum atomic E-state index is 0.394. The van der Waals surface area contributed by atoms with Crippen LogP contribution in [0.5, 0.6) is 0 Å². The van der Waals surface area contributed by atoms with Gasteiger partial charge in [0.15, 0.2) is 0 Å². The fourth-order valence-corrected chi connectivity index (χ4v) is 3.73. The second kappa shape index (κ2) is 6.92. The standard InChI is InChI=1S/C14H18N2S2/c1-3-15-13(12-7-5-4-6-8-12)10-18-14-16-11(2)9-17-14/h4-9,13,15H,3,10H2,1-2H3. The van der Waals surface area contributed by atoms with Gasteiger partial charge in [0.1, 0.15) is 4.34 Å². The molecule has 1 unspecified atom stereocenters. The number of hydrogen-bond donors (Lipinski definition) is 1. The van der Waals surface area contributed by atoms with Crippen LogP contribution in [0.2, 0.25) is 0 Å². The number of aromatic nitrogens is 1. The Morgan fingerprint density at radius 2 is 2.11 bits per heavy atom. The van der Waals surface area contributed by atoms with Gasteiger partial charge in [-0.15, -0.1) is 11.3 Å². The largest absolute Gasteiger partial charge is 0.309 e. The van der Waals surface area contributed by atoms with E-state index in [-0.39, 0.29) is 0 Å². The summed E-state index contributed by atoms with van der Waals surface area (Å²) in [6.45, 7) is 5.17. The fraction of sp³-hybridized carbons (Fsp3) is 0.357. The molecule has 0 spiro atoms. The smallest absolute Gasteiger partial charge is 0.150 e. The molecule has 2 nitrogen and oxygen atoms in total. The first kappa shape index (κ1) is 13.6. The van der Waals surface area contributed by atoms with E-state index in [2.05, 4.69) is 52.9 Å². The first-order valence-corrected chi connectivity index (χ1v) is 7.99. The molecule has 0 fully saturated rings. The van der Waals surface area contributed by atoms with Crippen LogP contribution in [0.1, 0.15) is 24.2 Å². The van der Waals surface area contributed by atoms with Crippen molar-refractivity contribution >= 4 is 23.1 Å². The van der Waals surface area contributed by atoms with E-state index in [1.54, 1.807) is 11.3 Å². The van der Waals surface area contributed by atoms with E-state index < -0.39 is 0 Å². The SMILES string of the molecule is CCNC(CSc1nc(C)cs1)c1ccccc1. The number of hydrogen-bond acceptors (Lipinski definition) is 4. The van der Waals surface area contributed by atoms with E-state index in [0.29, 0.717) is 6.04 Å². The number of thioether (sulfide) groups is 1. The van der Waals surface area contributed by atoms with Crippen molar-refractivity contribution in [2.45, 2.75) is 24.2 Å². The molecule has 0 saturated heterocycles. The van der Waals surface area contributed by atoms with Crippen LogP contribution in [0.4, 0.5) is 0 Å². The third-order valence-electron chi connectivity index (χ3n) is 2.62. The highest BCUT2D eigenvalue weighted by molar-refractivity contribution is 8.01. The number of nitrogens with one attached hydrogen (secondary N) is 1. The van der Waals surface area contributed by atoms with E-state index in [0.717, 1.165) is 22.3 Å². The van der Waals surface area contributed by atoms with Crippen LogP contribution in [0.25, 0.3) is 0 Å². The maximum Gasteiger partial charge on any atom is 0.150 e. The Bertz CT molecular complexity index is 468. The summed E-state index contributed by atoms with van der Waals surface area (Å²) in [7, 11) is 0. The Hall–Kier alpha value is -0.840. The van der Waals surface area contributed by atoms with Crippen molar-refractivity contribution in [2.24, 2.45) is 0 Å². The molecule has 2 rings (SSSR count). The summed E-state index contributed by atoms with van der Waals surface area (Å²) in [6, 6.07) is 11.0. The Balaban J connectivity index is 1.98. The fourth-order valence-electron chi connectivity index (χ4n) is 1.76. The van der Waals surface area contributed by atoms with Crippen LogP contribution < -0.4 is 5.32 Å². The Morgan fingerprint density at radius 3 is 2.72 bits per heavy atom. The molecule has 2 aromatic rings. The van der Waals surface area contributed by atoms with Gasteiger partial charge in [0.05, 0.1) is 0 Å². The molecule has 1 atom stereocenters. The number of rotatable bonds is 6. The molecule has 0 saturated carbocycles. The van der Waals surface area contributed by atoms with Crippen LogP contribution >= 0.6 is 23.1 Å². The number of aryl methyl sites for hydroxylation is 1. The average molecular weight is 278 g/mol. The normalized spacial score (nSPS) is 12.6. The number of nitrogens with zero attached hydrogens (tertiary/aromatic N) is 1. The molecule has 0 amide bonds. The summed E-state index contributed by atoms with van der Waals surface area (Å²) in [5.74, 6) is 1.02. The predicted molar refractivity (Wildman–Crippen MR) is 80.4 cm³/mol. The van der Waals surface area contributed by atoms with E-state index in [9.17, 15) is 0 Å². The van der Waals surface area contributed by atoms with Crippen molar-refractivity contribution in [1.82, 2.24) is 10.3 Å². The molecule has 0 radical (unpaired) electrons. The van der Waals surface area contributed by atoms with E-state index >= 15 is 0 Å². The van der Waals surface area contributed by atoms with Gasteiger partial charge in [0.25, 0.3) is 0 Å². The van der Waals surface area contributed by atoms with Crippen molar-refractivity contribution in [3.63, 3.8) is 0 Å². The van der Waals surface area contributed by atoms with Crippen LogP contribution in [0, 0.1) is 6.92 Å². The third-order valence-corrected chi connectivity index (χ3v) is 4.86. The third kappa shape index (κ3) is 3.83. The van der Waals surface area contributed by atoms with Gasteiger partial charge < -0.3 is 5.32 Å². The van der Waals surface area contributed by atoms with E-state index in [1.807, 2.05) is 18.7 Å². The summed E-state index contributed by atoms with van der Waals surface area (Å²) in [4.78, 5) is 4.49. The summed E-state index contributed by atoms with van der Waals surface area (Å²) < 4.78 is 1.16. The molecule has 18 heavy (non-hydrogen) atoms. The van der Waals surface area contributed by atoms with Crippen LogP contribution in [-0.4, -0.2) is 17.3 Å². The molecule has 0 aliphatic rings. The molecule has 4 heteroatoms. The van der Waals surface area contributed by atoms with Gasteiger partial charge in [-0.2, -0.15) is 0 Å². The van der Waals surface area contributed by atoms with Gasteiger partial charge in [-0.05, 0) is 19.0 Å². The lowest BCUT2D eigenvalue weighted by Gasteiger charge is -2.17. The van der Waals surface area contributed by atoms with E-state index in [1.165, 1.54) is 5.56 Å². The first-order chi connectivity index (χ1) is 8.79. The summed E-state index contributed by atoms with van der Waals surface area (Å²) in [6.07, 6.45) is 0. The molecule has 0 bridgehead atoms. The lowest BCUT2D eigenvalue weighted by atomic mass is 10.1. The number of thiazole rings is 1. The molecule has 1 aromatic heterocycles. The second-order valence-corrected chi connectivity index (χ2v) is 6.21. The van der Waals surface area contributed by atoms with Crippen LogP contribution in [-0.2, 0) is 0 Å². The summed E-state index contributed by atoms with van der Waals surface area (Å²) >= 11 is 3.56. The van der Waals surface area contributed by atoms with Crippen molar-refractivity contribution in [1.29, 1.82) is 0 Å². The van der Waals surface area contributed by atoms with Crippen LogP contribution in [0.15, 0.2) is 40.1 Å². The highest BCUT2D eigenvalue weighted by Crippen LogP contribution is 2.27. The zero-order chi connectivity index (χ0) is 12.8. The van der Waals surface area contributed by atoms with Crippen LogP contribution in [0.3, 0.4) is 0 Å². The van der Waals surface area contributed by atoms with Crippen molar-refractivity contribution in [2.75, 3.05) is 12.3 Å². The highest BCUT2D eigenvalue weighted by Gasteiger charge is 2.11. The maximum absolute atomic E-state index is 4.49. The molecule has 96 valence electrons. The molecule has 0 aliphatic carbocycles. The minimum Gasteiger partial charge on any atom is -0.309 e. The minimum absolute atomic E-state index is 0.394. The lowest BCUT2D eigenvalue weighted by Crippen LogP contribution is -2.22. The number of benzene rings is 1. The molecule has 0 aliphatic heterocycles. The van der Waals surface area contributed by atoms with Crippen molar-refractivity contribution in [3.8, 4) is 0 Å². The van der Waals surface area contributed by atoms with E-state index in [4.69, 9.17) is 0 Å². The molecular formula is C14H18N2S2. The van der Waals surface area contributed by atoms with Gasteiger partial charge >= 0.3 is 0 Å².